The fourth-order valence-electron chi connectivity index (χ4n) is 1.97. The Bertz CT molecular complexity index is 866. The maximum Gasteiger partial charge on any atom is 0.331 e. The minimum atomic E-state index is -1.16. The summed E-state index contributed by atoms with van der Waals surface area (Å²) in [6.07, 6.45) is 1.22. The third-order valence-electron chi connectivity index (χ3n) is 3.29. The topological polar surface area (TPSA) is 98.5 Å². The van der Waals surface area contributed by atoms with E-state index >= 15 is 0 Å². The van der Waals surface area contributed by atoms with Crippen molar-refractivity contribution in [2.45, 2.75) is 13.0 Å². The van der Waals surface area contributed by atoms with Gasteiger partial charge in [-0.05, 0) is 30.7 Å². The van der Waals surface area contributed by atoms with Gasteiger partial charge in [-0.1, -0.05) is 24.3 Å². The van der Waals surface area contributed by atoms with Crippen LogP contribution >= 0.6 is 0 Å². The number of rotatable bonds is 6. The molecule has 134 valence electrons. The second kappa shape index (κ2) is 8.52. The summed E-state index contributed by atoms with van der Waals surface area (Å²) >= 11 is 0. The number of benzene rings is 2. The molecule has 0 bridgehead atoms. The number of anilines is 1. The molecule has 0 aliphatic rings. The zero-order chi connectivity index (χ0) is 19.1. The molecule has 0 unspecified atom stereocenters. The van der Waals surface area contributed by atoms with Crippen molar-refractivity contribution in [1.29, 1.82) is 0 Å². The second-order valence-electron chi connectivity index (χ2n) is 5.23. The van der Waals surface area contributed by atoms with Crippen LogP contribution in [0.15, 0.2) is 54.6 Å². The van der Waals surface area contributed by atoms with E-state index in [-0.39, 0.29) is 11.4 Å². The number of hydrogen-bond acceptors (Lipinski definition) is 5. The summed E-state index contributed by atoms with van der Waals surface area (Å²) in [7, 11) is 0. The zero-order valence-electron chi connectivity index (χ0n) is 13.7. The number of hydrogen-bond donors (Lipinski definition) is 1. The Balaban J connectivity index is 1.94. The van der Waals surface area contributed by atoms with Crippen LogP contribution in [0.1, 0.15) is 12.5 Å². The minimum absolute atomic E-state index is 0.0208. The molecule has 0 radical (unpaired) electrons. The SMILES string of the molecule is C[C@H](OC(=O)/C=C/c1cccc([N+](=O)[O-])c1)C(=O)Nc1ccccc1F. The smallest absolute Gasteiger partial charge is 0.331 e. The summed E-state index contributed by atoms with van der Waals surface area (Å²) in [5.41, 5.74) is 0.297. The molecule has 2 rings (SSSR count). The number of para-hydroxylation sites is 1. The summed E-state index contributed by atoms with van der Waals surface area (Å²) in [5.74, 6) is -2.11. The van der Waals surface area contributed by atoms with Gasteiger partial charge in [0.25, 0.3) is 11.6 Å². The van der Waals surface area contributed by atoms with Crippen LogP contribution in [0, 0.1) is 15.9 Å². The van der Waals surface area contributed by atoms with Gasteiger partial charge in [0.05, 0.1) is 10.6 Å². The fourth-order valence-corrected chi connectivity index (χ4v) is 1.97. The molecule has 0 heterocycles. The van der Waals surface area contributed by atoms with Gasteiger partial charge in [-0.15, -0.1) is 0 Å². The Morgan fingerprint density at radius 3 is 2.65 bits per heavy atom. The normalized spacial score (nSPS) is 11.8. The third-order valence-corrected chi connectivity index (χ3v) is 3.29. The van der Waals surface area contributed by atoms with Crippen LogP contribution in [0.25, 0.3) is 6.08 Å². The van der Waals surface area contributed by atoms with E-state index in [9.17, 15) is 24.1 Å². The Morgan fingerprint density at radius 2 is 1.96 bits per heavy atom. The molecule has 26 heavy (non-hydrogen) atoms. The molecular formula is C18H15FN2O5. The van der Waals surface area contributed by atoms with Crippen molar-refractivity contribution in [2.24, 2.45) is 0 Å². The summed E-state index contributed by atoms with van der Waals surface area (Å²) in [4.78, 5) is 33.9. The Hall–Kier alpha value is -3.55. The number of amides is 1. The van der Waals surface area contributed by atoms with Crippen molar-refractivity contribution in [3.63, 3.8) is 0 Å². The van der Waals surface area contributed by atoms with E-state index in [2.05, 4.69) is 5.32 Å². The molecule has 0 fully saturated rings. The lowest BCUT2D eigenvalue weighted by atomic mass is 10.2. The average Bonchev–Trinajstić information content (AvgIpc) is 2.62. The number of carbonyl (C=O) groups is 2. The molecule has 1 amide bonds. The largest absolute Gasteiger partial charge is 0.449 e. The van der Waals surface area contributed by atoms with Crippen molar-refractivity contribution in [1.82, 2.24) is 0 Å². The minimum Gasteiger partial charge on any atom is -0.449 e. The lowest BCUT2D eigenvalue weighted by Crippen LogP contribution is -2.29. The highest BCUT2D eigenvalue weighted by molar-refractivity contribution is 5.96. The van der Waals surface area contributed by atoms with Crippen LogP contribution in [-0.4, -0.2) is 22.9 Å². The molecule has 0 aliphatic carbocycles. The van der Waals surface area contributed by atoms with Gasteiger partial charge in [0.15, 0.2) is 6.10 Å². The van der Waals surface area contributed by atoms with Crippen LogP contribution in [0.4, 0.5) is 15.8 Å². The predicted octanol–water partition coefficient (Wildman–Crippen LogP) is 3.32. The zero-order valence-corrected chi connectivity index (χ0v) is 13.7. The van der Waals surface area contributed by atoms with Gasteiger partial charge in [-0.25, -0.2) is 9.18 Å². The van der Waals surface area contributed by atoms with Gasteiger partial charge in [0, 0.05) is 18.2 Å². The van der Waals surface area contributed by atoms with E-state index < -0.39 is 28.7 Å². The number of carbonyl (C=O) groups excluding carboxylic acids is 2. The maximum atomic E-state index is 13.5. The fraction of sp³-hybridized carbons (Fsp3) is 0.111. The summed E-state index contributed by atoms with van der Waals surface area (Å²) < 4.78 is 18.4. The number of nitro groups is 1. The molecule has 2 aromatic rings. The summed E-state index contributed by atoms with van der Waals surface area (Å²) in [5, 5.41) is 13.0. The highest BCUT2D eigenvalue weighted by Gasteiger charge is 2.17. The van der Waals surface area contributed by atoms with E-state index in [1.54, 1.807) is 12.1 Å². The maximum absolute atomic E-state index is 13.5. The van der Waals surface area contributed by atoms with E-state index in [1.165, 1.54) is 49.4 Å². The molecule has 0 spiro atoms. The highest BCUT2D eigenvalue weighted by Crippen LogP contribution is 2.15. The van der Waals surface area contributed by atoms with Crippen molar-refractivity contribution >= 4 is 29.3 Å². The molecule has 0 saturated carbocycles. The van der Waals surface area contributed by atoms with Crippen LogP contribution in [0.5, 0.6) is 0 Å². The number of non-ortho nitro benzene ring substituents is 1. The lowest BCUT2D eigenvalue weighted by Gasteiger charge is -2.12. The molecular weight excluding hydrogens is 343 g/mol. The predicted molar refractivity (Wildman–Crippen MR) is 92.7 cm³/mol. The molecule has 8 heteroatoms. The average molecular weight is 358 g/mol. The van der Waals surface area contributed by atoms with Crippen LogP contribution < -0.4 is 5.32 Å². The van der Waals surface area contributed by atoms with Crippen molar-refractivity contribution in [3.05, 3.63) is 76.1 Å². The van der Waals surface area contributed by atoms with E-state index in [0.717, 1.165) is 6.08 Å². The molecule has 0 aromatic heterocycles. The molecule has 0 aliphatic heterocycles. The van der Waals surface area contributed by atoms with Crippen LogP contribution in [0.2, 0.25) is 0 Å². The molecule has 1 atom stereocenters. The standard InChI is InChI=1S/C18H15FN2O5/c1-12(18(23)20-16-8-3-2-7-15(16)19)26-17(22)10-9-13-5-4-6-14(11-13)21(24)25/h2-12H,1H3,(H,20,23)/b10-9+/t12-/m0/s1. The molecule has 0 saturated heterocycles. The van der Waals surface area contributed by atoms with Crippen LogP contribution in [-0.2, 0) is 14.3 Å². The van der Waals surface area contributed by atoms with Gasteiger partial charge in [-0.2, -0.15) is 0 Å². The number of esters is 1. The molecule has 1 N–H and O–H groups in total. The van der Waals surface area contributed by atoms with E-state index in [4.69, 9.17) is 4.74 Å². The van der Waals surface area contributed by atoms with Crippen molar-refractivity contribution < 1.29 is 23.6 Å². The second-order valence-corrected chi connectivity index (χ2v) is 5.23. The van der Waals surface area contributed by atoms with Gasteiger partial charge in [0.1, 0.15) is 5.82 Å². The summed E-state index contributed by atoms with van der Waals surface area (Å²) in [6.45, 7) is 1.34. The Kier molecular flexibility index (Phi) is 6.15. The van der Waals surface area contributed by atoms with Gasteiger partial charge < -0.3 is 10.1 Å². The quantitative estimate of drug-likeness (QED) is 0.370. The van der Waals surface area contributed by atoms with Crippen molar-refractivity contribution in [3.8, 4) is 0 Å². The number of nitrogens with one attached hydrogen (secondary N) is 1. The first-order valence-electron chi connectivity index (χ1n) is 7.55. The Labute approximate surface area is 148 Å². The van der Waals surface area contributed by atoms with E-state index in [0.29, 0.717) is 5.56 Å². The van der Waals surface area contributed by atoms with Gasteiger partial charge in [0.2, 0.25) is 0 Å². The molecule has 2 aromatic carbocycles. The van der Waals surface area contributed by atoms with Gasteiger partial charge in [-0.3, -0.25) is 14.9 Å². The van der Waals surface area contributed by atoms with Crippen LogP contribution in [0.3, 0.4) is 0 Å². The number of ether oxygens (including phenoxy) is 1. The number of nitrogens with zero attached hydrogens (tertiary/aromatic N) is 1. The first-order chi connectivity index (χ1) is 12.4. The first kappa shape index (κ1) is 18.8. The lowest BCUT2D eigenvalue weighted by molar-refractivity contribution is -0.384. The number of nitro benzene ring substituents is 1. The van der Waals surface area contributed by atoms with Gasteiger partial charge >= 0.3 is 5.97 Å². The molecule has 7 nitrogen and oxygen atoms in total. The monoisotopic (exact) mass is 358 g/mol. The van der Waals surface area contributed by atoms with E-state index in [1.807, 2.05) is 0 Å². The number of halogens is 1. The van der Waals surface area contributed by atoms with Crippen molar-refractivity contribution in [2.75, 3.05) is 5.32 Å². The summed E-state index contributed by atoms with van der Waals surface area (Å²) in [6, 6.07) is 11.3. The third kappa shape index (κ3) is 5.23. The first-order valence-corrected chi connectivity index (χ1v) is 7.55. The highest BCUT2D eigenvalue weighted by atomic mass is 19.1. The Morgan fingerprint density at radius 1 is 1.23 bits per heavy atom.